The number of para-hydroxylation sites is 1. The van der Waals surface area contributed by atoms with Crippen LogP contribution in [-0.4, -0.2) is 52.6 Å². The Hall–Kier alpha value is -3.49. The van der Waals surface area contributed by atoms with Crippen molar-refractivity contribution in [1.82, 2.24) is 14.5 Å². The molecule has 0 saturated heterocycles. The molecule has 0 atom stereocenters. The summed E-state index contributed by atoms with van der Waals surface area (Å²) in [6.45, 7) is 4.20. The van der Waals surface area contributed by atoms with Crippen LogP contribution >= 0.6 is 0 Å². The highest BCUT2D eigenvalue weighted by molar-refractivity contribution is 5.94. The molecule has 1 aliphatic heterocycles. The van der Waals surface area contributed by atoms with Crippen LogP contribution in [0.25, 0.3) is 22.0 Å². The van der Waals surface area contributed by atoms with Gasteiger partial charge in [0.05, 0.1) is 35.3 Å². The predicted octanol–water partition coefficient (Wildman–Crippen LogP) is 3.06. The van der Waals surface area contributed by atoms with Gasteiger partial charge in [-0.1, -0.05) is 12.1 Å². The maximum absolute atomic E-state index is 12.3. The molecule has 0 bridgehead atoms. The normalized spacial score (nSPS) is 14.6. The molecule has 3 heterocycles. The van der Waals surface area contributed by atoms with Crippen LogP contribution < -0.4 is 5.63 Å². The molecule has 0 amide bonds. The van der Waals surface area contributed by atoms with Crippen LogP contribution in [0.4, 0.5) is 5.69 Å². The van der Waals surface area contributed by atoms with Crippen LogP contribution in [0.3, 0.4) is 0 Å². The lowest BCUT2D eigenvalue weighted by Gasteiger charge is -2.27. The smallest absolute Gasteiger partial charge is 0.348 e. The van der Waals surface area contributed by atoms with Gasteiger partial charge >= 0.3 is 5.63 Å². The predicted molar refractivity (Wildman–Crippen MR) is 118 cm³/mol. The van der Waals surface area contributed by atoms with E-state index in [1.54, 1.807) is 31.4 Å². The molecule has 0 saturated carbocycles. The molecule has 2 aromatic carbocycles. The SMILES string of the molecule is COCCN1CCn2c(nc3cc(N=Cc4c(O)c5ccccc5oc4=O)ccc32)C1. The molecular formula is C23H22N4O4. The zero-order valence-electron chi connectivity index (χ0n) is 17.1. The van der Waals surface area contributed by atoms with E-state index < -0.39 is 5.63 Å². The van der Waals surface area contributed by atoms with Crippen molar-refractivity contribution in [3.8, 4) is 5.75 Å². The molecule has 0 spiro atoms. The lowest BCUT2D eigenvalue weighted by atomic mass is 10.1. The van der Waals surface area contributed by atoms with E-state index in [0.717, 1.165) is 43.0 Å². The molecule has 4 aromatic rings. The Morgan fingerprint density at radius 1 is 1.26 bits per heavy atom. The zero-order chi connectivity index (χ0) is 21.4. The number of fused-ring (bicyclic) bond motifs is 4. The van der Waals surface area contributed by atoms with E-state index in [1.807, 2.05) is 18.2 Å². The summed E-state index contributed by atoms with van der Waals surface area (Å²) in [6.07, 6.45) is 1.34. The summed E-state index contributed by atoms with van der Waals surface area (Å²) in [5.41, 5.74) is 2.30. The monoisotopic (exact) mass is 418 g/mol. The van der Waals surface area contributed by atoms with Crippen molar-refractivity contribution in [2.75, 3.05) is 26.8 Å². The van der Waals surface area contributed by atoms with Gasteiger partial charge in [0.1, 0.15) is 22.7 Å². The molecule has 2 aromatic heterocycles. The van der Waals surface area contributed by atoms with Crippen molar-refractivity contribution in [3.05, 3.63) is 64.3 Å². The fourth-order valence-electron chi connectivity index (χ4n) is 3.95. The summed E-state index contributed by atoms with van der Waals surface area (Å²) in [5, 5.41) is 11.0. The number of nitrogens with zero attached hydrogens (tertiary/aromatic N) is 4. The van der Waals surface area contributed by atoms with E-state index in [-0.39, 0.29) is 11.3 Å². The van der Waals surface area contributed by atoms with E-state index >= 15 is 0 Å². The fourth-order valence-corrected chi connectivity index (χ4v) is 3.95. The zero-order valence-corrected chi connectivity index (χ0v) is 17.1. The van der Waals surface area contributed by atoms with Crippen molar-refractivity contribution in [2.24, 2.45) is 4.99 Å². The maximum atomic E-state index is 12.3. The molecule has 8 nitrogen and oxygen atoms in total. The quantitative estimate of drug-likeness (QED) is 0.396. The van der Waals surface area contributed by atoms with Crippen LogP contribution in [0.5, 0.6) is 5.75 Å². The van der Waals surface area contributed by atoms with Crippen molar-refractivity contribution in [1.29, 1.82) is 0 Å². The summed E-state index contributed by atoms with van der Waals surface area (Å²) in [7, 11) is 1.71. The first-order valence-electron chi connectivity index (χ1n) is 10.1. The molecule has 31 heavy (non-hydrogen) atoms. The van der Waals surface area contributed by atoms with Gasteiger partial charge < -0.3 is 18.8 Å². The van der Waals surface area contributed by atoms with Crippen molar-refractivity contribution < 1.29 is 14.3 Å². The van der Waals surface area contributed by atoms with Gasteiger partial charge in [-0.2, -0.15) is 0 Å². The maximum Gasteiger partial charge on any atom is 0.348 e. The Kier molecular flexibility index (Phi) is 5.01. The first-order chi connectivity index (χ1) is 15.1. The van der Waals surface area contributed by atoms with E-state index in [0.29, 0.717) is 23.3 Å². The van der Waals surface area contributed by atoms with Gasteiger partial charge in [-0.3, -0.25) is 9.89 Å². The van der Waals surface area contributed by atoms with Crippen LogP contribution in [0.15, 0.2) is 56.7 Å². The minimum atomic E-state index is -0.630. The Bertz CT molecular complexity index is 1360. The Morgan fingerprint density at radius 3 is 3.00 bits per heavy atom. The number of benzene rings is 2. The number of rotatable bonds is 5. The Balaban J connectivity index is 1.45. The molecule has 0 fully saturated rings. The Labute approximate surface area is 178 Å². The van der Waals surface area contributed by atoms with Crippen LogP contribution in [0, 0.1) is 0 Å². The van der Waals surface area contributed by atoms with Gasteiger partial charge in [0.15, 0.2) is 0 Å². The molecule has 0 aliphatic carbocycles. The summed E-state index contributed by atoms with van der Waals surface area (Å²) >= 11 is 0. The van der Waals surface area contributed by atoms with Crippen molar-refractivity contribution >= 4 is 33.9 Å². The molecule has 1 aliphatic rings. The average Bonchev–Trinajstić information content (AvgIpc) is 3.14. The summed E-state index contributed by atoms with van der Waals surface area (Å²) in [5.74, 6) is 0.886. The minimum absolute atomic E-state index is 0.0247. The molecule has 5 rings (SSSR count). The van der Waals surface area contributed by atoms with Gasteiger partial charge in [0.25, 0.3) is 0 Å². The molecule has 1 N–H and O–H groups in total. The first-order valence-corrected chi connectivity index (χ1v) is 10.1. The van der Waals surface area contributed by atoms with Gasteiger partial charge in [0, 0.05) is 33.0 Å². The third kappa shape index (κ3) is 3.60. The number of methoxy groups -OCH3 is 1. The lowest BCUT2D eigenvalue weighted by molar-refractivity contribution is 0.130. The van der Waals surface area contributed by atoms with E-state index in [2.05, 4.69) is 14.5 Å². The standard InChI is InChI=1S/C23H22N4O4/c1-30-11-10-26-8-9-27-19-7-6-15(12-18(19)25-21(27)14-26)24-13-17-22(28)16-4-2-3-5-20(16)31-23(17)29/h2-7,12-13,28H,8-11,14H2,1H3. The largest absolute Gasteiger partial charge is 0.506 e. The summed E-state index contributed by atoms with van der Waals surface area (Å²) in [4.78, 5) is 23.8. The van der Waals surface area contributed by atoms with Gasteiger partial charge in [-0.25, -0.2) is 9.78 Å². The number of hydrogen-bond donors (Lipinski definition) is 1. The second-order valence-corrected chi connectivity index (χ2v) is 7.53. The number of aliphatic imine (C=N–C) groups is 1. The van der Waals surface area contributed by atoms with Crippen LogP contribution in [0.1, 0.15) is 11.4 Å². The van der Waals surface area contributed by atoms with Gasteiger partial charge in [-0.05, 0) is 30.3 Å². The van der Waals surface area contributed by atoms with Crippen LogP contribution in [-0.2, 0) is 17.8 Å². The fraction of sp³-hybridized carbons (Fsp3) is 0.261. The second-order valence-electron chi connectivity index (χ2n) is 7.53. The summed E-state index contributed by atoms with van der Waals surface area (Å²) < 4.78 is 12.7. The molecule has 158 valence electrons. The Morgan fingerprint density at radius 2 is 2.13 bits per heavy atom. The van der Waals surface area contributed by atoms with E-state index in [4.69, 9.17) is 14.1 Å². The average molecular weight is 418 g/mol. The van der Waals surface area contributed by atoms with Gasteiger partial charge in [0.2, 0.25) is 0 Å². The molecule has 0 radical (unpaired) electrons. The lowest BCUT2D eigenvalue weighted by Crippen LogP contribution is -2.35. The molecule has 8 heteroatoms. The van der Waals surface area contributed by atoms with Crippen molar-refractivity contribution in [2.45, 2.75) is 13.1 Å². The second kappa shape index (κ2) is 7.98. The number of hydrogen-bond acceptors (Lipinski definition) is 7. The highest BCUT2D eigenvalue weighted by Gasteiger charge is 2.20. The number of ether oxygens (including phenoxy) is 1. The molecule has 0 unspecified atom stereocenters. The van der Waals surface area contributed by atoms with Gasteiger partial charge in [-0.15, -0.1) is 0 Å². The topological polar surface area (TPSA) is 93.1 Å². The number of aromatic hydroxyl groups is 1. The third-order valence-electron chi connectivity index (χ3n) is 5.59. The van der Waals surface area contributed by atoms with E-state index in [1.165, 1.54) is 6.21 Å². The highest BCUT2D eigenvalue weighted by atomic mass is 16.5. The summed E-state index contributed by atoms with van der Waals surface area (Å²) in [6, 6.07) is 12.6. The van der Waals surface area contributed by atoms with E-state index in [9.17, 15) is 9.90 Å². The highest BCUT2D eigenvalue weighted by Crippen LogP contribution is 2.27. The third-order valence-corrected chi connectivity index (χ3v) is 5.59. The van der Waals surface area contributed by atoms with Crippen molar-refractivity contribution in [3.63, 3.8) is 0 Å². The first kappa shape index (κ1) is 19.5. The number of aromatic nitrogens is 2. The minimum Gasteiger partial charge on any atom is -0.506 e. The molecular weight excluding hydrogens is 396 g/mol. The number of imidazole rings is 1. The van der Waals surface area contributed by atoms with Crippen LogP contribution in [0.2, 0.25) is 0 Å².